The first-order valence-corrected chi connectivity index (χ1v) is 7.04. The Morgan fingerprint density at radius 3 is 2.53 bits per heavy atom. The lowest BCUT2D eigenvalue weighted by Gasteiger charge is -2.12. The minimum Gasteiger partial charge on any atom is -0.481 e. The molecule has 1 aromatic rings. The maximum absolute atomic E-state index is 11.1. The third kappa shape index (κ3) is 5.79. The first kappa shape index (κ1) is 15.6. The third-order valence-corrected chi connectivity index (χ3v) is 3.88. The average molecular weight is 282 g/mol. The number of rotatable bonds is 7. The monoisotopic (exact) mass is 282 g/mol. The molecule has 4 nitrogen and oxygen atoms in total. The number of ether oxygens (including phenoxy) is 1. The van der Waals surface area contributed by atoms with Crippen molar-refractivity contribution in [3.63, 3.8) is 0 Å². The number of hydrogen-bond donors (Lipinski definition) is 1. The summed E-state index contributed by atoms with van der Waals surface area (Å²) in [7, 11) is 1.38. The van der Waals surface area contributed by atoms with E-state index in [1.54, 1.807) is 11.8 Å². The van der Waals surface area contributed by atoms with Crippen molar-refractivity contribution in [1.29, 1.82) is 0 Å². The molecule has 0 amide bonds. The molecule has 0 bridgehead atoms. The van der Waals surface area contributed by atoms with E-state index in [-0.39, 0.29) is 17.6 Å². The van der Waals surface area contributed by atoms with E-state index in [1.807, 2.05) is 31.2 Å². The van der Waals surface area contributed by atoms with Crippen LogP contribution in [0.3, 0.4) is 0 Å². The van der Waals surface area contributed by atoms with E-state index in [1.165, 1.54) is 7.11 Å². The van der Waals surface area contributed by atoms with Crippen LogP contribution in [0.4, 0.5) is 0 Å². The molecule has 0 heterocycles. The Bertz CT molecular complexity index is 445. The van der Waals surface area contributed by atoms with Crippen molar-refractivity contribution in [1.82, 2.24) is 0 Å². The van der Waals surface area contributed by atoms with Gasteiger partial charge in [-0.05, 0) is 11.1 Å². The first-order valence-electron chi connectivity index (χ1n) is 6.00. The number of carbonyl (C=O) groups excluding carboxylic acids is 1. The molecule has 0 aliphatic heterocycles. The Balaban J connectivity index is 2.57. The summed E-state index contributed by atoms with van der Waals surface area (Å²) in [5.74, 6) is -0.361. The molecule has 0 aromatic heterocycles. The molecule has 0 radical (unpaired) electrons. The van der Waals surface area contributed by atoms with Gasteiger partial charge in [0.05, 0.1) is 20.0 Å². The minimum atomic E-state index is -0.833. The summed E-state index contributed by atoms with van der Waals surface area (Å²) in [5.41, 5.74) is 1.83. The van der Waals surface area contributed by atoms with E-state index in [0.29, 0.717) is 12.2 Å². The molecule has 0 aliphatic rings. The number of hydrogen-bond acceptors (Lipinski definition) is 4. The highest BCUT2D eigenvalue weighted by molar-refractivity contribution is 7.99. The number of thioether (sulfide) groups is 1. The number of carboxylic acids is 1. The van der Waals surface area contributed by atoms with Crippen LogP contribution in [0.15, 0.2) is 24.3 Å². The molecule has 1 unspecified atom stereocenters. The molecule has 0 aliphatic carbocycles. The van der Waals surface area contributed by atoms with Gasteiger partial charge in [-0.25, -0.2) is 0 Å². The molecule has 1 atom stereocenters. The second-order valence-corrected chi connectivity index (χ2v) is 5.67. The van der Waals surface area contributed by atoms with Gasteiger partial charge >= 0.3 is 11.9 Å². The number of carboxylic acid groups (broad SMARTS) is 1. The predicted molar refractivity (Wildman–Crippen MR) is 75.2 cm³/mol. The van der Waals surface area contributed by atoms with Gasteiger partial charge in [-0.1, -0.05) is 31.2 Å². The summed E-state index contributed by atoms with van der Waals surface area (Å²) in [6.07, 6.45) is 0.393. The van der Waals surface area contributed by atoms with Gasteiger partial charge in [-0.15, -0.1) is 0 Å². The van der Waals surface area contributed by atoms with Crippen LogP contribution in [0.1, 0.15) is 24.5 Å². The van der Waals surface area contributed by atoms with E-state index in [9.17, 15) is 9.59 Å². The van der Waals surface area contributed by atoms with Gasteiger partial charge < -0.3 is 9.84 Å². The Morgan fingerprint density at radius 2 is 1.95 bits per heavy atom. The zero-order valence-corrected chi connectivity index (χ0v) is 11.9. The fourth-order valence-corrected chi connectivity index (χ4v) is 2.64. The van der Waals surface area contributed by atoms with E-state index < -0.39 is 5.97 Å². The van der Waals surface area contributed by atoms with Crippen LogP contribution in [-0.4, -0.2) is 29.4 Å². The fourth-order valence-electron chi connectivity index (χ4n) is 1.64. The maximum Gasteiger partial charge on any atom is 0.307 e. The molecule has 1 aromatic carbocycles. The number of benzene rings is 1. The minimum absolute atomic E-state index is 0.0299. The largest absolute Gasteiger partial charge is 0.481 e. The van der Waals surface area contributed by atoms with Crippen LogP contribution in [0.2, 0.25) is 0 Å². The van der Waals surface area contributed by atoms with Crippen LogP contribution in [0, 0.1) is 0 Å². The topological polar surface area (TPSA) is 63.6 Å². The zero-order chi connectivity index (χ0) is 14.3. The van der Waals surface area contributed by atoms with Crippen molar-refractivity contribution < 1.29 is 19.4 Å². The normalized spacial score (nSPS) is 11.9. The Hall–Kier alpha value is -1.49. The van der Waals surface area contributed by atoms with E-state index in [4.69, 9.17) is 5.11 Å². The molecule has 0 saturated carbocycles. The first-order chi connectivity index (χ1) is 9.02. The van der Waals surface area contributed by atoms with Crippen molar-refractivity contribution in [2.45, 2.75) is 30.8 Å². The van der Waals surface area contributed by atoms with Gasteiger partial charge in [0.2, 0.25) is 0 Å². The number of carbonyl (C=O) groups is 2. The SMILES string of the molecule is COC(=O)CC(C)SCc1ccccc1CC(=O)O. The Kier molecular flexibility index (Phi) is 6.42. The van der Waals surface area contributed by atoms with Gasteiger partial charge in [0.25, 0.3) is 0 Å². The highest BCUT2D eigenvalue weighted by Gasteiger charge is 2.11. The van der Waals surface area contributed by atoms with Crippen LogP contribution in [-0.2, 0) is 26.5 Å². The molecule has 19 heavy (non-hydrogen) atoms. The second-order valence-electron chi connectivity index (χ2n) is 4.24. The molecule has 0 saturated heterocycles. The molecule has 0 spiro atoms. The molecule has 0 fully saturated rings. The maximum atomic E-state index is 11.1. The highest BCUT2D eigenvalue weighted by Crippen LogP contribution is 2.22. The number of aliphatic carboxylic acids is 1. The lowest BCUT2D eigenvalue weighted by molar-refractivity contribution is -0.140. The lowest BCUT2D eigenvalue weighted by Crippen LogP contribution is -2.09. The molecular formula is C14H18O4S. The van der Waals surface area contributed by atoms with E-state index in [2.05, 4.69) is 4.74 Å². The summed E-state index contributed by atoms with van der Waals surface area (Å²) in [5, 5.41) is 9.00. The summed E-state index contributed by atoms with van der Waals surface area (Å²) in [6, 6.07) is 7.49. The molecule has 5 heteroatoms. The van der Waals surface area contributed by atoms with Gasteiger partial charge in [0.1, 0.15) is 0 Å². The quantitative estimate of drug-likeness (QED) is 0.778. The van der Waals surface area contributed by atoms with Gasteiger partial charge in [-0.2, -0.15) is 11.8 Å². The number of esters is 1. The van der Waals surface area contributed by atoms with Crippen molar-refractivity contribution in [3.8, 4) is 0 Å². The molecule has 1 N–H and O–H groups in total. The van der Waals surface area contributed by atoms with Crippen molar-refractivity contribution >= 4 is 23.7 Å². The van der Waals surface area contributed by atoms with Gasteiger partial charge in [-0.3, -0.25) is 9.59 Å². The number of methoxy groups -OCH3 is 1. The van der Waals surface area contributed by atoms with Crippen LogP contribution < -0.4 is 0 Å². The highest BCUT2D eigenvalue weighted by atomic mass is 32.2. The van der Waals surface area contributed by atoms with Crippen molar-refractivity contribution in [2.75, 3.05) is 7.11 Å². The fraction of sp³-hybridized carbons (Fsp3) is 0.429. The summed E-state index contributed by atoms with van der Waals surface area (Å²) in [6.45, 7) is 1.96. The van der Waals surface area contributed by atoms with Crippen molar-refractivity contribution in [2.24, 2.45) is 0 Å². The smallest absolute Gasteiger partial charge is 0.307 e. The third-order valence-electron chi connectivity index (χ3n) is 2.67. The van der Waals surface area contributed by atoms with Gasteiger partial charge in [0, 0.05) is 11.0 Å². The van der Waals surface area contributed by atoms with E-state index >= 15 is 0 Å². The van der Waals surface area contributed by atoms with Crippen LogP contribution >= 0.6 is 11.8 Å². The molecule has 104 valence electrons. The lowest BCUT2D eigenvalue weighted by atomic mass is 10.1. The van der Waals surface area contributed by atoms with Crippen LogP contribution in [0.25, 0.3) is 0 Å². The summed E-state index contributed by atoms with van der Waals surface area (Å²) < 4.78 is 4.62. The van der Waals surface area contributed by atoms with Crippen molar-refractivity contribution in [3.05, 3.63) is 35.4 Å². The van der Waals surface area contributed by atoms with Gasteiger partial charge in [0.15, 0.2) is 0 Å². The standard InChI is InChI=1S/C14H18O4S/c1-10(7-14(17)18-2)19-9-12-6-4-3-5-11(12)8-13(15)16/h3-6,10H,7-9H2,1-2H3,(H,15,16). The summed E-state index contributed by atoms with van der Waals surface area (Å²) >= 11 is 1.62. The van der Waals surface area contributed by atoms with Crippen LogP contribution in [0.5, 0.6) is 0 Å². The average Bonchev–Trinajstić information content (AvgIpc) is 2.37. The van der Waals surface area contributed by atoms with E-state index in [0.717, 1.165) is 11.1 Å². The predicted octanol–water partition coefficient (Wildman–Crippen LogP) is 2.50. The molecule has 1 rings (SSSR count). The second kappa shape index (κ2) is 7.84. The Morgan fingerprint density at radius 1 is 1.32 bits per heavy atom. The summed E-state index contributed by atoms with van der Waals surface area (Å²) in [4.78, 5) is 21.9. The Labute approximate surface area is 117 Å². The molecular weight excluding hydrogens is 264 g/mol. The zero-order valence-electron chi connectivity index (χ0n) is 11.1.